The molecule has 132 valence electrons. The summed E-state index contributed by atoms with van der Waals surface area (Å²) in [5, 5.41) is 14.5. The van der Waals surface area contributed by atoms with Gasteiger partial charge in [-0.25, -0.2) is 0 Å². The zero-order valence-electron chi connectivity index (χ0n) is 13.9. The van der Waals surface area contributed by atoms with E-state index in [1.807, 2.05) is 0 Å². The highest BCUT2D eigenvalue weighted by molar-refractivity contribution is 6.06. The molecule has 0 aliphatic rings. The van der Waals surface area contributed by atoms with E-state index in [9.17, 15) is 14.9 Å². The number of hydrogen-bond donors (Lipinski definition) is 0. The lowest BCUT2D eigenvalue weighted by Gasteiger charge is -2.00. The van der Waals surface area contributed by atoms with Crippen molar-refractivity contribution in [1.29, 1.82) is 0 Å². The summed E-state index contributed by atoms with van der Waals surface area (Å²) >= 11 is 0. The van der Waals surface area contributed by atoms with Crippen molar-refractivity contribution >= 4 is 17.7 Å². The number of methoxy groups -OCH3 is 1. The minimum Gasteiger partial charge on any atom is -0.497 e. The topological polar surface area (TPSA) is 100 Å². The van der Waals surface area contributed by atoms with Crippen molar-refractivity contribution in [2.75, 3.05) is 7.11 Å². The van der Waals surface area contributed by atoms with Gasteiger partial charge in [0, 0.05) is 5.56 Å². The third-order valence-corrected chi connectivity index (χ3v) is 3.57. The summed E-state index contributed by atoms with van der Waals surface area (Å²) in [6, 6.07) is 11.6. The first-order valence-corrected chi connectivity index (χ1v) is 7.68. The van der Waals surface area contributed by atoms with Crippen molar-refractivity contribution < 1.29 is 18.9 Å². The van der Waals surface area contributed by atoms with Gasteiger partial charge in [0.1, 0.15) is 23.8 Å². The van der Waals surface area contributed by atoms with Gasteiger partial charge in [-0.05, 0) is 41.3 Å². The van der Waals surface area contributed by atoms with Crippen molar-refractivity contribution in [1.82, 2.24) is 9.78 Å². The Bertz CT molecular complexity index is 971. The molecule has 0 amide bonds. The SMILES string of the molecule is COc1cccc(C(=O)/C=C/c2ccc(Cn3ccc([N+](=O)[O-])n3)o2)c1. The van der Waals surface area contributed by atoms with Crippen LogP contribution in [-0.2, 0) is 6.54 Å². The minimum absolute atomic E-state index is 0.176. The molecule has 0 radical (unpaired) electrons. The molecule has 1 aromatic carbocycles. The van der Waals surface area contributed by atoms with E-state index >= 15 is 0 Å². The Morgan fingerprint density at radius 1 is 1.35 bits per heavy atom. The molecule has 0 saturated heterocycles. The van der Waals surface area contributed by atoms with E-state index in [1.54, 1.807) is 42.5 Å². The van der Waals surface area contributed by atoms with E-state index < -0.39 is 4.92 Å². The number of ketones is 1. The summed E-state index contributed by atoms with van der Waals surface area (Å²) in [5.74, 6) is 1.28. The number of hydrogen-bond acceptors (Lipinski definition) is 6. The number of nitrogens with zero attached hydrogens (tertiary/aromatic N) is 3. The van der Waals surface area contributed by atoms with Gasteiger partial charge >= 0.3 is 5.82 Å². The van der Waals surface area contributed by atoms with Gasteiger partial charge in [-0.3, -0.25) is 4.79 Å². The Morgan fingerprint density at radius 2 is 2.19 bits per heavy atom. The van der Waals surface area contributed by atoms with Crippen LogP contribution in [-0.4, -0.2) is 27.6 Å². The van der Waals surface area contributed by atoms with Crippen molar-refractivity contribution in [3.05, 3.63) is 81.9 Å². The lowest BCUT2D eigenvalue weighted by atomic mass is 10.1. The minimum atomic E-state index is -0.559. The third-order valence-electron chi connectivity index (χ3n) is 3.57. The molecule has 26 heavy (non-hydrogen) atoms. The molecule has 0 saturated carbocycles. The highest BCUT2D eigenvalue weighted by Crippen LogP contribution is 2.16. The molecule has 0 unspecified atom stereocenters. The van der Waals surface area contributed by atoms with Gasteiger partial charge in [-0.1, -0.05) is 12.1 Å². The molecule has 2 aromatic heterocycles. The van der Waals surface area contributed by atoms with Crippen LogP contribution in [0.1, 0.15) is 21.9 Å². The fraction of sp³-hybridized carbons (Fsp3) is 0.111. The summed E-state index contributed by atoms with van der Waals surface area (Å²) in [5.41, 5.74) is 0.510. The Labute approximate surface area is 148 Å². The summed E-state index contributed by atoms with van der Waals surface area (Å²) in [6.45, 7) is 0.255. The third kappa shape index (κ3) is 4.04. The molecule has 0 aliphatic heterocycles. The fourth-order valence-electron chi connectivity index (χ4n) is 2.30. The number of ether oxygens (including phenoxy) is 1. The maximum Gasteiger partial charge on any atom is 0.389 e. The first-order valence-electron chi connectivity index (χ1n) is 7.68. The average molecular weight is 353 g/mol. The summed E-state index contributed by atoms with van der Waals surface area (Å²) < 4.78 is 12.1. The van der Waals surface area contributed by atoms with Crippen LogP contribution in [0.15, 0.2) is 59.2 Å². The Balaban J connectivity index is 1.66. The van der Waals surface area contributed by atoms with Crippen LogP contribution in [0.2, 0.25) is 0 Å². The van der Waals surface area contributed by atoms with E-state index in [4.69, 9.17) is 9.15 Å². The summed E-state index contributed by atoms with van der Waals surface area (Å²) in [7, 11) is 1.54. The number of benzene rings is 1. The van der Waals surface area contributed by atoms with E-state index in [-0.39, 0.29) is 18.1 Å². The van der Waals surface area contributed by atoms with Crippen LogP contribution in [0.5, 0.6) is 5.75 Å². The molecule has 0 bridgehead atoms. The molecule has 0 spiro atoms. The second-order valence-corrected chi connectivity index (χ2v) is 5.36. The average Bonchev–Trinajstić information content (AvgIpc) is 3.29. The van der Waals surface area contributed by atoms with Crippen LogP contribution in [0.3, 0.4) is 0 Å². The lowest BCUT2D eigenvalue weighted by Crippen LogP contribution is -2.00. The number of carbonyl (C=O) groups excluding carboxylic acids is 1. The number of rotatable bonds is 7. The molecule has 3 rings (SSSR count). The van der Waals surface area contributed by atoms with Crippen molar-refractivity contribution in [3.8, 4) is 5.75 Å². The van der Waals surface area contributed by atoms with Gasteiger partial charge in [0.2, 0.25) is 0 Å². The molecule has 3 aromatic rings. The van der Waals surface area contributed by atoms with Crippen LogP contribution in [0.4, 0.5) is 5.82 Å². The van der Waals surface area contributed by atoms with Gasteiger partial charge in [-0.2, -0.15) is 4.68 Å². The maximum atomic E-state index is 12.2. The van der Waals surface area contributed by atoms with Gasteiger partial charge < -0.3 is 19.3 Å². The highest BCUT2D eigenvalue weighted by atomic mass is 16.6. The molecule has 0 N–H and O–H groups in total. The standard InChI is InChI=1S/C18H15N3O5/c1-25-15-4-2-3-13(11-15)17(22)8-7-14-5-6-16(26-14)12-20-10-9-18(19-20)21(23)24/h2-11H,12H2,1H3/b8-7+. The Kier molecular flexibility index (Phi) is 4.93. The molecule has 0 atom stereocenters. The number of furan rings is 1. The number of allylic oxidation sites excluding steroid dienone is 1. The number of carbonyl (C=O) groups is 1. The van der Waals surface area contributed by atoms with Gasteiger partial charge in [-0.15, -0.1) is 0 Å². The second-order valence-electron chi connectivity index (χ2n) is 5.36. The quantitative estimate of drug-likeness (QED) is 0.279. The fourth-order valence-corrected chi connectivity index (χ4v) is 2.30. The first kappa shape index (κ1) is 17.2. The van der Waals surface area contributed by atoms with E-state index in [2.05, 4.69) is 5.10 Å². The molecular formula is C18H15N3O5. The van der Waals surface area contributed by atoms with Crippen LogP contribution in [0, 0.1) is 10.1 Å². The Morgan fingerprint density at radius 3 is 2.92 bits per heavy atom. The monoisotopic (exact) mass is 353 g/mol. The molecule has 8 nitrogen and oxygen atoms in total. The predicted octanol–water partition coefficient (Wildman–Crippen LogP) is 3.34. The zero-order valence-corrected chi connectivity index (χ0v) is 13.9. The summed E-state index contributed by atoms with van der Waals surface area (Å²) in [6.07, 6.45) is 4.48. The predicted molar refractivity (Wildman–Crippen MR) is 93.0 cm³/mol. The number of aromatic nitrogens is 2. The largest absolute Gasteiger partial charge is 0.497 e. The molecular weight excluding hydrogens is 338 g/mol. The Hall–Kier alpha value is -3.68. The van der Waals surface area contributed by atoms with Gasteiger partial charge in [0.05, 0.1) is 24.5 Å². The molecule has 8 heteroatoms. The van der Waals surface area contributed by atoms with Gasteiger partial charge in [0.15, 0.2) is 5.78 Å². The number of nitro groups is 1. The van der Waals surface area contributed by atoms with E-state index in [1.165, 1.54) is 30.1 Å². The molecule has 0 aliphatic carbocycles. The van der Waals surface area contributed by atoms with Crippen LogP contribution in [0.25, 0.3) is 6.08 Å². The van der Waals surface area contributed by atoms with Crippen molar-refractivity contribution in [3.63, 3.8) is 0 Å². The van der Waals surface area contributed by atoms with E-state index in [0.29, 0.717) is 22.8 Å². The summed E-state index contributed by atoms with van der Waals surface area (Å²) in [4.78, 5) is 22.3. The normalized spacial score (nSPS) is 11.0. The van der Waals surface area contributed by atoms with Crippen molar-refractivity contribution in [2.24, 2.45) is 0 Å². The smallest absolute Gasteiger partial charge is 0.389 e. The van der Waals surface area contributed by atoms with E-state index in [0.717, 1.165) is 0 Å². The van der Waals surface area contributed by atoms with Crippen LogP contribution >= 0.6 is 0 Å². The van der Waals surface area contributed by atoms with Gasteiger partial charge in [0.25, 0.3) is 0 Å². The zero-order chi connectivity index (χ0) is 18.5. The van der Waals surface area contributed by atoms with Crippen LogP contribution < -0.4 is 4.74 Å². The second kappa shape index (κ2) is 7.47. The lowest BCUT2D eigenvalue weighted by molar-refractivity contribution is -0.389. The maximum absolute atomic E-state index is 12.2. The molecule has 0 fully saturated rings. The van der Waals surface area contributed by atoms with Crippen molar-refractivity contribution in [2.45, 2.75) is 6.54 Å². The molecule has 2 heterocycles. The highest BCUT2D eigenvalue weighted by Gasteiger charge is 2.12. The first-order chi connectivity index (χ1) is 12.5.